The molecule has 0 unspecified atom stereocenters. The standard InChI is InChI=1S/C9H8INS/c1-5-2-7(10)6-4-9(11)12-8(6)3-5/h2-4H,11H2,1H3. The first kappa shape index (κ1) is 8.31. The van der Waals surface area contributed by atoms with Gasteiger partial charge in [-0.1, -0.05) is 0 Å². The fraction of sp³-hybridized carbons (Fsp3) is 0.111. The number of hydrogen-bond donors (Lipinski definition) is 1. The minimum atomic E-state index is 0.897. The summed E-state index contributed by atoms with van der Waals surface area (Å²) >= 11 is 4.00. The van der Waals surface area contributed by atoms with Crippen LogP contribution < -0.4 is 5.73 Å². The van der Waals surface area contributed by atoms with Gasteiger partial charge in [-0.2, -0.15) is 0 Å². The molecule has 0 aliphatic heterocycles. The summed E-state index contributed by atoms with van der Waals surface area (Å²) in [7, 11) is 0. The molecule has 2 N–H and O–H groups in total. The van der Waals surface area contributed by atoms with Crippen LogP contribution in [0.15, 0.2) is 18.2 Å². The van der Waals surface area contributed by atoms with Crippen molar-refractivity contribution in [1.29, 1.82) is 0 Å². The zero-order valence-electron chi connectivity index (χ0n) is 6.60. The van der Waals surface area contributed by atoms with Crippen LogP contribution in [-0.4, -0.2) is 0 Å². The fourth-order valence-corrected chi connectivity index (χ4v) is 3.32. The van der Waals surface area contributed by atoms with E-state index in [9.17, 15) is 0 Å². The molecule has 1 nitrogen and oxygen atoms in total. The Kier molecular flexibility index (Phi) is 2.00. The third kappa shape index (κ3) is 1.31. The number of thiophene rings is 1. The van der Waals surface area contributed by atoms with Crippen molar-refractivity contribution in [2.75, 3.05) is 5.73 Å². The van der Waals surface area contributed by atoms with E-state index in [0.29, 0.717) is 0 Å². The average Bonchev–Trinajstić information content (AvgIpc) is 2.29. The van der Waals surface area contributed by atoms with E-state index in [2.05, 4.69) is 41.6 Å². The Hall–Kier alpha value is -0.290. The number of fused-ring (bicyclic) bond motifs is 1. The van der Waals surface area contributed by atoms with Gasteiger partial charge in [0.15, 0.2) is 0 Å². The van der Waals surface area contributed by atoms with Crippen LogP contribution in [-0.2, 0) is 0 Å². The Balaban J connectivity index is 2.88. The van der Waals surface area contributed by atoms with Crippen molar-refractivity contribution < 1.29 is 0 Å². The topological polar surface area (TPSA) is 26.0 Å². The molecule has 3 heteroatoms. The zero-order valence-corrected chi connectivity index (χ0v) is 9.57. The highest BCUT2D eigenvalue weighted by atomic mass is 127. The molecule has 12 heavy (non-hydrogen) atoms. The number of aryl methyl sites for hydroxylation is 1. The lowest BCUT2D eigenvalue weighted by molar-refractivity contribution is 1.50. The molecule has 0 atom stereocenters. The van der Waals surface area contributed by atoms with Crippen molar-refractivity contribution >= 4 is 49.0 Å². The van der Waals surface area contributed by atoms with E-state index < -0.39 is 0 Å². The molecule has 2 rings (SSSR count). The summed E-state index contributed by atoms with van der Waals surface area (Å²) in [6.07, 6.45) is 0. The Morgan fingerprint density at radius 3 is 2.83 bits per heavy atom. The SMILES string of the molecule is Cc1cc(I)c2cc(N)sc2c1. The highest BCUT2D eigenvalue weighted by Crippen LogP contribution is 2.31. The maximum Gasteiger partial charge on any atom is 0.0869 e. The molecule has 0 aliphatic carbocycles. The third-order valence-electron chi connectivity index (χ3n) is 1.75. The number of nitrogens with two attached hydrogens (primary N) is 1. The van der Waals surface area contributed by atoms with Gasteiger partial charge in [0.25, 0.3) is 0 Å². The summed E-state index contributed by atoms with van der Waals surface area (Å²) in [5, 5.41) is 2.18. The van der Waals surface area contributed by atoms with Gasteiger partial charge < -0.3 is 5.73 Å². The van der Waals surface area contributed by atoms with Gasteiger partial charge in [0.2, 0.25) is 0 Å². The predicted molar refractivity (Wildman–Crippen MR) is 63.7 cm³/mol. The second-order valence-corrected chi connectivity index (χ2v) is 5.08. The van der Waals surface area contributed by atoms with E-state index in [1.807, 2.05) is 6.07 Å². The summed E-state index contributed by atoms with van der Waals surface area (Å²) in [5.41, 5.74) is 7.02. The van der Waals surface area contributed by atoms with Crippen molar-refractivity contribution in [3.05, 3.63) is 27.3 Å². The molecular weight excluding hydrogens is 281 g/mol. The molecule has 2 aromatic rings. The van der Waals surface area contributed by atoms with Crippen LogP contribution in [0.1, 0.15) is 5.56 Å². The van der Waals surface area contributed by atoms with Gasteiger partial charge >= 0.3 is 0 Å². The first-order valence-electron chi connectivity index (χ1n) is 3.62. The highest BCUT2D eigenvalue weighted by molar-refractivity contribution is 14.1. The zero-order chi connectivity index (χ0) is 8.72. The molecular formula is C9H8INS. The van der Waals surface area contributed by atoms with Gasteiger partial charge in [-0.15, -0.1) is 11.3 Å². The lowest BCUT2D eigenvalue weighted by Gasteiger charge is -1.95. The highest BCUT2D eigenvalue weighted by Gasteiger charge is 2.02. The Bertz CT molecular complexity index is 433. The van der Waals surface area contributed by atoms with Crippen molar-refractivity contribution in [3.8, 4) is 0 Å². The molecule has 0 spiro atoms. The van der Waals surface area contributed by atoms with Crippen LogP contribution in [0.2, 0.25) is 0 Å². The average molecular weight is 289 g/mol. The first-order chi connectivity index (χ1) is 5.66. The maximum atomic E-state index is 5.72. The van der Waals surface area contributed by atoms with E-state index in [0.717, 1.165) is 5.00 Å². The minimum Gasteiger partial charge on any atom is -0.391 e. The van der Waals surface area contributed by atoms with Crippen molar-refractivity contribution in [1.82, 2.24) is 0 Å². The van der Waals surface area contributed by atoms with E-state index in [4.69, 9.17) is 5.73 Å². The van der Waals surface area contributed by atoms with Crippen molar-refractivity contribution in [3.63, 3.8) is 0 Å². The van der Waals surface area contributed by atoms with Crippen molar-refractivity contribution in [2.24, 2.45) is 0 Å². The van der Waals surface area contributed by atoms with E-state index in [1.165, 1.54) is 19.2 Å². The van der Waals surface area contributed by atoms with Gasteiger partial charge in [-0.3, -0.25) is 0 Å². The first-order valence-corrected chi connectivity index (χ1v) is 5.51. The molecule has 0 saturated carbocycles. The smallest absolute Gasteiger partial charge is 0.0869 e. The van der Waals surface area contributed by atoms with Crippen LogP contribution in [0.3, 0.4) is 0 Å². The maximum absolute atomic E-state index is 5.72. The second kappa shape index (κ2) is 2.88. The number of rotatable bonds is 0. The summed E-state index contributed by atoms with van der Waals surface area (Å²) < 4.78 is 2.58. The van der Waals surface area contributed by atoms with Crippen molar-refractivity contribution in [2.45, 2.75) is 6.92 Å². The normalized spacial score (nSPS) is 10.8. The molecule has 62 valence electrons. The number of nitrogen functional groups attached to an aromatic ring is 1. The van der Waals surface area contributed by atoms with Crippen LogP contribution in [0, 0.1) is 10.5 Å². The summed E-state index contributed by atoms with van der Waals surface area (Å²) in [4.78, 5) is 0. The molecule has 1 heterocycles. The summed E-state index contributed by atoms with van der Waals surface area (Å²) in [6, 6.07) is 6.40. The summed E-state index contributed by atoms with van der Waals surface area (Å²) in [6.45, 7) is 2.11. The number of anilines is 1. The number of halogens is 1. The van der Waals surface area contributed by atoms with E-state index in [1.54, 1.807) is 11.3 Å². The van der Waals surface area contributed by atoms with Gasteiger partial charge in [-0.25, -0.2) is 0 Å². The van der Waals surface area contributed by atoms with Gasteiger partial charge in [0.1, 0.15) is 0 Å². The van der Waals surface area contributed by atoms with Gasteiger partial charge in [0.05, 0.1) is 5.00 Å². The molecule has 0 radical (unpaired) electrons. The van der Waals surface area contributed by atoms with Gasteiger partial charge in [0, 0.05) is 13.7 Å². The lowest BCUT2D eigenvalue weighted by atomic mass is 10.2. The number of hydrogen-bond acceptors (Lipinski definition) is 2. The van der Waals surface area contributed by atoms with Crippen LogP contribution >= 0.6 is 33.9 Å². The Morgan fingerprint density at radius 1 is 1.33 bits per heavy atom. The van der Waals surface area contributed by atoms with E-state index in [-0.39, 0.29) is 0 Å². The third-order valence-corrected chi connectivity index (χ3v) is 3.55. The molecule has 0 fully saturated rings. The fourth-order valence-electron chi connectivity index (χ4n) is 1.24. The minimum absolute atomic E-state index is 0.897. The van der Waals surface area contributed by atoms with Gasteiger partial charge in [-0.05, 0) is 53.3 Å². The molecule has 0 saturated heterocycles. The number of benzene rings is 1. The van der Waals surface area contributed by atoms with E-state index >= 15 is 0 Å². The lowest BCUT2D eigenvalue weighted by Crippen LogP contribution is -1.76. The Morgan fingerprint density at radius 2 is 2.08 bits per heavy atom. The molecule has 1 aromatic heterocycles. The Labute approximate surface area is 88.7 Å². The second-order valence-electron chi connectivity index (χ2n) is 2.81. The molecule has 1 aromatic carbocycles. The molecule has 0 bridgehead atoms. The monoisotopic (exact) mass is 289 g/mol. The van der Waals surface area contributed by atoms with Crippen LogP contribution in [0.25, 0.3) is 10.1 Å². The predicted octanol–water partition coefficient (Wildman–Crippen LogP) is 3.40. The van der Waals surface area contributed by atoms with Crippen LogP contribution in [0.4, 0.5) is 5.00 Å². The summed E-state index contributed by atoms with van der Waals surface area (Å²) in [5.74, 6) is 0. The molecule has 0 aliphatic rings. The van der Waals surface area contributed by atoms with Crippen LogP contribution in [0.5, 0.6) is 0 Å². The quantitative estimate of drug-likeness (QED) is 0.739. The largest absolute Gasteiger partial charge is 0.391 e. The molecule has 0 amide bonds.